The van der Waals surface area contributed by atoms with Crippen molar-refractivity contribution in [2.24, 2.45) is 17.6 Å². The number of hydrogen-bond acceptors (Lipinski definition) is 4. The van der Waals surface area contributed by atoms with E-state index in [4.69, 9.17) is 11.5 Å². The minimum Gasteiger partial charge on any atom is -0.383 e. The molecule has 0 aromatic carbocycles. The van der Waals surface area contributed by atoms with E-state index in [1.807, 2.05) is 0 Å². The van der Waals surface area contributed by atoms with Crippen molar-refractivity contribution in [3.8, 4) is 0 Å². The number of anilines is 1. The van der Waals surface area contributed by atoms with Gasteiger partial charge in [-0.15, -0.1) is 0 Å². The van der Waals surface area contributed by atoms with Crippen LogP contribution in [0, 0.1) is 11.8 Å². The number of ketones is 1. The van der Waals surface area contributed by atoms with E-state index in [-0.39, 0.29) is 11.7 Å². The molecule has 4 nitrogen and oxygen atoms in total. The average Bonchev–Trinajstić information content (AvgIpc) is 2.38. The average molecular weight is 233 g/mol. The number of nitrogen functional groups attached to an aromatic ring is 1. The summed E-state index contributed by atoms with van der Waals surface area (Å²) >= 11 is 0. The quantitative estimate of drug-likeness (QED) is 0.777. The van der Waals surface area contributed by atoms with Crippen molar-refractivity contribution in [1.29, 1.82) is 0 Å². The van der Waals surface area contributed by atoms with Crippen molar-refractivity contribution in [3.63, 3.8) is 0 Å². The van der Waals surface area contributed by atoms with Gasteiger partial charge in [-0.3, -0.25) is 4.79 Å². The summed E-state index contributed by atoms with van der Waals surface area (Å²) in [5, 5.41) is 0. The number of pyridine rings is 1. The molecule has 1 heterocycles. The highest BCUT2D eigenvalue weighted by atomic mass is 16.1. The van der Waals surface area contributed by atoms with E-state index in [9.17, 15) is 4.79 Å². The summed E-state index contributed by atoms with van der Waals surface area (Å²) in [6, 6.07) is 3.51. The van der Waals surface area contributed by atoms with Gasteiger partial charge in [-0.05, 0) is 37.4 Å². The van der Waals surface area contributed by atoms with E-state index in [0.29, 0.717) is 23.8 Å². The molecule has 2 rings (SSSR count). The van der Waals surface area contributed by atoms with E-state index in [0.717, 1.165) is 19.3 Å². The van der Waals surface area contributed by atoms with Gasteiger partial charge in [0.1, 0.15) is 5.82 Å². The fourth-order valence-electron chi connectivity index (χ4n) is 2.66. The molecule has 2 atom stereocenters. The first kappa shape index (κ1) is 12.0. The maximum atomic E-state index is 12.4. The third kappa shape index (κ3) is 2.47. The number of carbonyl (C=O) groups excluding carboxylic acids is 1. The summed E-state index contributed by atoms with van der Waals surface area (Å²) < 4.78 is 0. The van der Waals surface area contributed by atoms with Gasteiger partial charge in [0.15, 0.2) is 5.78 Å². The highest BCUT2D eigenvalue weighted by Gasteiger charge is 2.31. The number of hydrogen-bond donors (Lipinski definition) is 2. The number of Topliss-reactive ketones (excluding diaryl/α,β-unsaturated/α-hetero) is 1. The second-order valence-electron chi connectivity index (χ2n) is 4.69. The largest absolute Gasteiger partial charge is 0.383 e. The van der Waals surface area contributed by atoms with Gasteiger partial charge in [-0.25, -0.2) is 4.98 Å². The summed E-state index contributed by atoms with van der Waals surface area (Å²) in [6.07, 6.45) is 5.86. The van der Waals surface area contributed by atoms with Gasteiger partial charge in [0.2, 0.25) is 0 Å². The number of nitrogens with zero attached hydrogens (tertiary/aromatic N) is 1. The van der Waals surface area contributed by atoms with Crippen LogP contribution in [0.25, 0.3) is 0 Å². The topological polar surface area (TPSA) is 82.0 Å². The molecule has 1 saturated carbocycles. The van der Waals surface area contributed by atoms with Gasteiger partial charge in [0.05, 0.1) is 5.56 Å². The van der Waals surface area contributed by atoms with Gasteiger partial charge in [-0.2, -0.15) is 0 Å². The first-order valence-corrected chi connectivity index (χ1v) is 6.18. The van der Waals surface area contributed by atoms with Crippen LogP contribution in [0.3, 0.4) is 0 Å². The molecule has 1 aliphatic carbocycles. The Morgan fingerprint density at radius 1 is 1.41 bits per heavy atom. The SMILES string of the molecule is NCC1CCCCC1C(=O)c1cccnc1N. The lowest BCUT2D eigenvalue weighted by molar-refractivity contribution is 0.0830. The predicted octanol–water partition coefficient (Wildman–Crippen LogP) is 1.61. The third-order valence-electron chi connectivity index (χ3n) is 3.65. The van der Waals surface area contributed by atoms with Crippen LogP contribution in [0.4, 0.5) is 5.82 Å². The highest BCUT2D eigenvalue weighted by Crippen LogP contribution is 2.32. The van der Waals surface area contributed by atoms with E-state index in [1.165, 1.54) is 6.42 Å². The summed E-state index contributed by atoms with van der Waals surface area (Å²) in [5.41, 5.74) is 12.1. The highest BCUT2D eigenvalue weighted by molar-refractivity contribution is 6.01. The molecule has 0 aliphatic heterocycles. The summed E-state index contributed by atoms with van der Waals surface area (Å²) in [7, 11) is 0. The Hall–Kier alpha value is -1.42. The van der Waals surface area contributed by atoms with E-state index >= 15 is 0 Å². The lowest BCUT2D eigenvalue weighted by atomic mass is 9.75. The van der Waals surface area contributed by atoms with Gasteiger partial charge in [-0.1, -0.05) is 12.8 Å². The van der Waals surface area contributed by atoms with Gasteiger partial charge < -0.3 is 11.5 Å². The zero-order valence-corrected chi connectivity index (χ0v) is 9.93. The fourth-order valence-corrected chi connectivity index (χ4v) is 2.66. The van der Waals surface area contributed by atoms with Crippen LogP contribution < -0.4 is 11.5 Å². The minimum atomic E-state index is 0.0280. The molecule has 1 fully saturated rings. The Balaban J connectivity index is 2.21. The standard InChI is InChI=1S/C13H19N3O/c14-8-9-4-1-2-5-10(9)12(17)11-6-3-7-16-13(11)15/h3,6-7,9-10H,1-2,4-5,8,14H2,(H2,15,16). The molecule has 1 aromatic rings. The van der Waals surface area contributed by atoms with E-state index in [1.54, 1.807) is 18.3 Å². The Bertz CT molecular complexity index is 405. The van der Waals surface area contributed by atoms with Crippen LogP contribution in [0.5, 0.6) is 0 Å². The van der Waals surface area contributed by atoms with Crippen molar-refractivity contribution in [2.45, 2.75) is 25.7 Å². The third-order valence-corrected chi connectivity index (χ3v) is 3.65. The number of carbonyl (C=O) groups is 1. The van der Waals surface area contributed by atoms with Gasteiger partial charge >= 0.3 is 0 Å². The minimum absolute atomic E-state index is 0.0280. The first-order valence-electron chi connectivity index (χ1n) is 6.18. The molecule has 17 heavy (non-hydrogen) atoms. The molecule has 4 heteroatoms. The van der Waals surface area contributed by atoms with E-state index < -0.39 is 0 Å². The molecule has 4 N–H and O–H groups in total. The van der Waals surface area contributed by atoms with Crippen LogP contribution in [-0.4, -0.2) is 17.3 Å². The van der Waals surface area contributed by atoms with Crippen molar-refractivity contribution < 1.29 is 4.79 Å². The summed E-state index contributed by atoms with van der Waals surface area (Å²) in [5.74, 6) is 0.778. The maximum absolute atomic E-state index is 12.4. The Kier molecular flexibility index (Phi) is 3.74. The molecule has 1 aliphatic rings. The summed E-state index contributed by atoms with van der Waals surface area (Å²) in [4.78, 5) is 16.4. The number of rotatable bonds is 3. The zero-order chi connectivity index (χ0) is 12.3. The molecular formula is C13H19N3O. The van der Waals surface area contributed by atoms with Gasteiger partial charge in [0, 0.05) is 12.1 Å². The lowest BCUT2D eigenvalue weighted by Gasteiger charge is -2.29. The molecule has 0 saturated heterocycles. The number of aromatic nitrogens is 1. The fraction of sp³-hybridized carbons (Fsp3) is 0.538. The van der Waals surface area contributed by atoms with E-state index in [2.05, 4.69) is 4.98 Å². The van der Waals surface area contributed by atoms with Crippen LogP contribution >= 0.6 is 0 Å². The maximum Gasteiger partial charge on any atom is 0.169 e. The summed E-state index contributed by atoms with van der Waals surface area (Å²) in [6.45, 7) is 0.580. The van der Waals surface area contributed by atoms with Crippen molar-refractivity contribution in [1.82, 2.24) is 4.98 Å². The van der Waals surface area contributed by atoms with Gasteiger partial charge in [0.25, 0.3) is 0 Å². The monoisotopic (exact) mass is 233 g/mol. The molecule has 1 aromatic heterocycles. The molecule has 0 bridgehead atoms. The van der Waals surface area contributed by atoms with Crippen LogP contribution in [-0.2, 0) is 0 Å². The van der Waals surface area contributed by atoms with Crippen molar-refractivity contribution >= 4 is 11.6 Å². The Labute approximate surface area is 101 Å². The Morgan fingerprint density at radius 3 is 2.88 bits per heavy atom. The van der Waals surface area contributed by atoms with Crippen molar-refractivity contribution in [2.75, 3.05) is 12.3 Å². The molecule has 0 radical (unpaired) electrons. The van der Waals surface area contributed by atoms with Crippen molar-refractivity contribution in [3.05, 3.63) is 23.9 Å². The first-order chi connectivity index (χ1) is 8.24. The van der Waals surface area contributed by atoms with Crippen LogP contribution in [0.15, 0.2) is 18.3 Å². The molecular weight excluding hydrogens is 214 g/mol. The molecule has 0 amide bonds. The Morgan fingerprint density at radius 2 is 2.18 bits per heavy atom. The number of nitrogens with two attached hydrogens (primary N) is 2. The normalized spacial score (nSPS) is 24.5. The van der Waals surface area contributed by atoms with Crippen LogP contribution in [0.1, 0.15) is 36.0 Å². The lowest BCUT2D eigenvalue weighted by Crippen LogP contribution is -2.32. The molecule has 0 spiro atoms. The smallest absolute Gasteiger partial charge is 0.169 e. The second kappa shape index (κ2) is 5.27. The molecule has 92 valence electrons. The molecule has 2 unspecified atom stereocenters. The predicted molar refractivity (Wildman–Crippen MR) is 67.5 cm³/mol. The second-order valence-corrected chi connectivity index (χ2v) is 4.69. The zero-order valence-electron chi connectivity index (χ0n) is 9.93. The van der Waals surface area contributed by atoms with Crippen LogP contribution in [0.2, 0.25) is 0 Å².